The molecule has 0 aromatic carbocycles. The van der Waals surface area contributed by atoms with Crippen LogP contribution in [0.4, 0.5) is 0 Å². The highest BCUT2D eigenvalue weighted by molar-refractivity contribution is 5.76. The smallest absolute Gasteiger partial charge is 0.220 e. The van der Waals surface area contributed by atoms with Gasteiger partial charge in [-0.3, -0.25) is 4.79 Å². The third-order valence-electron chi connectivity index (χ3n) is 10.7. The number of hydrogen-bond donors (Lipinski definition) is 9. The van der Waals surface area contributed by atoms with Crippen LogP contribution in [-0.4, -0.2) is 140 Å². The fourth-order valence-corrected chi connectivity index (χ4v) is 7.11. The lowest BCUT2D eigenvalue weighted by atomic mass is 9.97. The molecule has 0 saturated carbocycles. The Labute approximate surface area is 329 Å². The van der Waals surface area contributed by atoms with E-state index >= 15 is 0 Å². The number of ether oxygens (including phenoxy) is 4. The van der Waals surface area contributed by atoms with Gasteiger partial charge in [-0.15, -0.1) is 0 Å². The minimum absolute atomic E-state index is 0.258. The van der Waals surface area contributed by atoms with Crippen LogP contribution in [0.15, 0.2) is 12.2 Å². The van der Waals surface area contributed by atoms with Crippen molar-refractivity contribution in [3.05, 3.63) is 12.2 Å². The molecule has 0 spiro atoms. The van der Waals surface area contributed by atoms with Crippen LogP contribution in [0.5, 0.6) is 0 Å². The fourth-order valence-electron chi connectivity index (χ4n) is 7.11. The quantitative estimate of drug-likeness (QED) is 0.0364. The number of carbonyl (C=O) groups is 1. The SMILES string of the molecule is CCCCCCCCCCCCCCCCC/C=C/C(O)C(COC1OC(CO)C(OC2OC(CO)C(O)C(O)C2O)C(O)C1O)NC(=O)CCCCCC. The largest absolute Gasteiger partial charge is 0.394 e. The van der Waals surface area contributed by atoms with Crippen molar-refractivity contribution in [1.29, 1.82) is 0 Å². The summed E-state index contributed by atoms with van der Waals surface area (Å²) >= 11 is 0. The third-order valence-corrected chi connectivity index (χ3v) is 10.7. The van der Waals surface area contributed by atoms with Gasteiger partial charge >= 0.3 is 0 Å². The Kier molecular flexibility index (Phi) is 27.1. The first-order valence-corrected chi connectivity index (χ1v) is 21.4. The summed E-state index contributed by atoms with van der Waals surface area (Å²) in [6, 6.07) is -0.903. The van der Waals surface area contributed by atoms with Gasteiger partial charge < -0.3 is 65.1 Å². The van der Waals surface area contributed by atoms with Crippen molar-refractivity contribution in [3.63, 3.8) is 0 Å². The average Bonchev–Trinajstić information content (AvgIpc) is 3.18. The second-order valence-electron chi connectivity index (χ2n) is 15.5. The van der Waals surface area contributed by atoms with Crippen molar-refractivity contribution >= 4 is 5.91 Å². The van der Waals surface area contributed by atoms with Crippen LogP contribution in [0.3, 0.4) is 0 Å². The molecule has 1 amide bonds. The summed E-state index contributed by atoms with van der Waals surface area (Å²) < 4.78 is 22.5. The molecule has 14 heteroatoms. The minimum atomic E-state index is -1.78. The number of carbonyl (C=O) groups excluding carboxylic acids is 1. The van der Waals surface area contributed by atoms with Crippen LogP contribution >= 0.6 is 0 Å². The number of amides is 1. The second-order valence-corrected chi connectivity index (χ2v) is 15.5. The molecule has 324 valence electrons. The van der Waals surface area contributed by atoms with Gasteiger partial charge in [0.15, 0.2) is 12.6 Å². The summed E-state index contributed by atoms with van der Waals surface area (Å²) in [5, 5.41) is 85.9. The van der Waals surface area contributed by atoms with Crippen molar-refractivity contribution < 1.29 is 64.6 Å². The van der Waals surface area contributed by atoms with E-state index in [2.05, 4.69) is 19.2 Å². The molecule has 0 aromatic heterocycles. The highest BCUT2D eigenvalue weighted by atomic mass is 16.7. The number of unbranched alkanes of at least 4 members (excludes halogenated alkanes) is 18. The van der Waals surface area contributed by atoms with Crippen molar-refractivity contribution in [3.8, 4) is 0 Å². The van der Waals surface area contributed by atoms with Gasteiger partial charge in [-0.2, -0.15) is 0 Å². The van der Waals surface area contributed by atoms with E-state index in [1.54, 1.807) is 6.08 Å². The Hall–Kier alpha value is -1.27. The van der Waals surface area contributed by atoms with Gasteiger partial charge in [-0.1, -0.05) is 135 Å². The molecule has 2 rings (SSSR count). The Balaban J connectivity index is 1.84. The number of aliphatic hydroxyl groups is 8. The van der Waals surface area contributed by atoms with Crippen molar-refractivity contribution in [2.45, 2.75) is 222 Å². The van der Waals surface area contributed by atoms with Gasteiger partial charge in [0.25, 0.3) is 0 Å². The molecule has 2 heterocycles. The molecular formula is C41H77NO13. The Bertz CT molecular complexity index is 988. The zero-order valence-corrected chi connectivity index (χ0v) is 33.7. The summed E-state index contributed by atoms with van der Waals surface area (Å²) in [5.41, 5.74) is 0. The molecule has 2 fully saturated rings. The first-order chi connectivity index (χ1) is 26.6. The highest BCUT2D eigenvalue weighted by Gasteiger charge is 2.50. The maximum atomic E-state index is 12.8. The van der Waals surface area contributed by atoms with Gasteiger partial charge in [0, 0.05) is 6.42 Å². The van der Waals surface area contributed by atoms with E-state index in [1.807, 2.05) is 6.08 Å². The van der Waals surface area contributed by atoms with Gasteiger partial charge in [0.05, 0.1) is 32.0 Å². The Morgan fingerprint density at radius 1 is 0.636 bits per heavy atom. The fraction of sp³-hybridized carbons (Fsp3) is 0.927. The molecule has 0 bridgehead atoms. The average molecular weight is 792 g/mol. The summed E-state index contributed by atoms with van der Waals surface area (Å²) in [6.07, 6.45) is 10.5. The van der Waals surface area contributed by atoms with Crippen LogP contribution in [0.25, 0.3) is 0 Å². The van der Waals surface area contributed by atoms with E-state index < -0.39 is 86.8 Å². The Morgan fingerprint density at radius 3 is 1.67 bits per heavy atom. The summed E-state index contributed by atoms with van der Waals surface area (Å²) in [4.78, 5) is 12.8. The lowest BCUT2D eigenvalue weighted by Gasteiger charge is -2.46. The third kappa shape index (κ3) is 18.9. The van der Waals surface area contributed by atoms with Crippen LogP contribution in [-0.2, 0) is 23.7 Å². The van der Waals surface area contributed by atoms with Gasteiger partial charge in [0.1, 0.15) is 48.8 Å². The van der Waals surface area contributed by atoms with Crippen LogP contribution < -0.4 is 5.32 Å². The van der Waals surface area contributed by atoms with E-state index in [9.17, 15) is 45.6 Å². The van der Waals surface area contributed by atoms with Crippen molar-refractivity contribution in [1.82, 2.24) is 5.32 Å². The molecule has 2 aliphatic rings. The van der Waals surface area contributed by atoms with Crippen LogP contribution in [0.2, 0.25) is 0 Å². The summed E-state index contributed by atoms with van der Waals surface area (Å²) in [5.74, 6) is -0.258. The van der Waals surface area contributed by atoms with E-state index in [0.29, 0.717) is 6.42 Å². The highest BCUT2D eigenvalue weighted by Crippen LogP contribution is 2.30. The summed E-state index contributed by atoms with van der Waals surface area (Å²) in [7, 11) is 0. The number of nitrogens with one attached hydrogen (secondary N) is 1. The standard InChI is InChI=1S/C41H77NO13/c1-3-5-7-9-10-11-12-13-14-15-16-17-18-19-20-21-22-24-30(45)29(42-33(46)25-23-8-6-4-2)28-52-40-38(51)36(49)39(32(27-44)54-40)55-41-37(50)35(48)34(47)31(26-43)53-41/h22,24,29-32,34-41,43-45,47-51H,3-21,23,25-28H2,1-2H3,(H,42,46)/b24-22+. The molecular weight excluding hydrogens is 714 g/mol. The second kappa shape index (κ2) is 29.9. The zero-order valence-electron chi connectivity index (χ0n) is 33.7. The Morgan fingerprint density at radius 2 is 1.13 bits per heavy atom. The maximum absolute atomic E-state index is 12.8. The number of hydrogen-bond acceptors (Lipinski definition) is 13. The number of rotatable bonds is 31. The lowest BCUT2D eigenvalue weighted by Crippen LogP contribution is -2.65. The first-order valence-electron chi connectivity index (χ1n) is 21.4. The van der Waals surface area contributed by atoms with E-state index in [0.717, 1.165) is 38.5 Å². The topological polar surface area (TPSA) is 228 Å². The molecule has 55 heavy (non-hydrogen) atoms. The maximum Gasteiger partial charge on any atom is 0.220 e. The normalized spacial score (nSPS) is 29.8. The van der Waals surface area contributed by atoms with Crippen LogP contribution in [0.1, 0.15) is 149 Å². The molecule has 2 aliphatic heterocycles. The predicted molar refractivity (Wildman–Crippen MR) is 208 cm³/mol. The van der Waals surface area contributed by atoms with Gasteiger partial charge in [-0.05, 0) is 19.3 Å². The number of aliphatic hydroxyl groups excluding tert-OH is 8. The molecule has 12 unspecified atom stereocenters. The van der Waals surface area contributed by atoms with Gasteiger partial charge in [0.2, 0.25) is 5.91 Å². The van der Waals surface area contributed by atoms with Gasteiger partial charge in [-0.25, -0.2) is 0 Å². The molecule has 9 N–H and O–H groups in total. The van der Waals surface area contributed by atoms with Crippen molar-refractivity contribution in [2.24, 2.45) is 0 Å². The lowest BCUT2D eigenvalue weighted by molar-refractivity contribution is -0.359. The number of allylic oxidation sites excluding steroid dienone is 1. The van der Waals surface area contributed by atoms with Crippen LogP contribution in [0, 0.1) is 0 Å². The monoisotopic (exact) mass is 792 g/mol. The predicted octanol–water partition coefficient (Wildman–Crippen LogP) is 3.26. The summed E-state index contributed by atoms with van der Waals surface area (Å²) in [6.45, 7) is 2.62. The molecule has 12 atom stereocenters. The molecule has 14 nitrogen and oxygen atoms in total. The molecule has 0 aliphatic carbocycles. The van der Waals surface area contributed by atoms with E-state index in [-0.39, 0.29) is 18.9 Å². The van der Waals surface area contributed by atoms with Crippen molar-refractivity contribution in [2.75, 3.05) is 19.8 Å². The molecule has 2 saturated heterocycles. The van der Waals surface area contributed by atoms with E-state index in [4.69, 9.17) is 18.9 Å². The zero-order chi connectivity index (χ0) is 40.4. The van der Waals surface area contributed by atoms with E-state index in [1.165, 1.54) is 83.5 Å². The first kappa shape index (κ1) is 49.9. The molecule has 0 radical (unpaired) electrons. The molecule has 0 aromatic rings. The minimum Gasteiger partial charge on any atom is -0.394 e.